The zero-order valence-electron chi connectivity index (χ0n) is 15.4. The summed E-state index contributed by atoms with van der Waals surface area (Å²) in [6, 6.07) is 4.32. The SMILES string of the molecule is COC1=C(OC)CCC(CNCc2ccnc(N3CCCCC3)c2)=C1. The predicted molar refractivity (Wildman–Crippen MR) is 100 cm³/mol. The number of methoxy groups -OCH3 is 2. The van der Waals surface area contributed by atoms with Gasteiger partial charge in [0.15, 0.2) is 5.76 Å². The highest BCUT2D eigenvalue weighted by atomic mass is 16.5. The van der Waals surface area contributed by atoms with Gasteiger partial charge in [-0.15, -0.1) is 0 Å². The monoisotopic (exact) mass is 343 g/mol. The maximum atomic E-state index is 5.41. The minimum atomic E-state index is 0.849. The van der Waals surface area contributed by atoms with Gasteiger partial charge in [-0.3, -0.25) is 0 Å². The topological polar surface area (TPSA) is 46.6 Å². The Bertz CT molecular complexity index is 634. The summed E-state index contributed by atoms with van der Waals surface area (Å²) in [5.74, 6) is 2.90. The number of aromatic nitrogens is 1. The summed E-state index contributed by atoms with van der Waals surface area (Å²) < 4.78 is 10.8. The zero-order valence-corrected chi connectivity index (χ0v) is 15.4. The molecule has 0 radical (unpaired) electrons. The molecule has 1 aliphatic carbocycles. The lowest BCUT2D eigenvalue weighted by Gasteiger charge is -2.28. The number of ether oxygens (including phenoxy) is 2. The number of piperidine rings is 1. The van der Waals surface area contributed by atoms with Crippen LogP contribution in [0.1, 0.15) is 37.7 Å². The third-order valence-corrected chi connectivity index (χ3v) is 4.92. The molecule has 1 N–H and O–H groups in total. The molecular weight excluding hydrogens is 314 g/mol. The van der Waals surface area contributed by atoms with Crippen LogP contribution < -0.4 is 10.2 Å². The Labute approximate surface area is 150 Å². The van der Waals surface area contributed by atoms with Gasteiger partial charge in [-0.25, -0.2) is 4.98 Å². The minimum absolute atomic E-state index is 0.849. The summed E-state index contributed by atoms with van der Waals surface area (Å²) in [5.41, 5.74) is 2.63. The van der Waals surface area contributed by atoms with Gasteiger partial charge in [-0.05, 0) is 49.5 Å². The van der Waals surface area contributed by atoms with Crippen molar-refractivity contribution in [2.24, 2.45) is 0 Å². The maximum absolute atomic E-state index is 5.41. The average Bonchev–Trinajstić information content (AvgIpc) is 2.69. The third kappa shape index (κ3) is 4.75. The van der Waals surface area contributed by atoms with Gasteiger partial charge in [-0.2, -0.15) is 0 Å². The van der Waals surface area contributed by atoms with E-state index >= 15 is 0 Å². The first-order valence-corrected chi connectivity index (χ1v) is 9.21. The zero-order chi connectivity index (χ0) is 17.5. The lowest BCUT2D eigenvalue weighted by atomic mass is 10.0. The van der Waals surface area contributed by atoms with E-state index in [2.05, 4.69) is 33.4 Å². The fraction of sp³-hybridized carbons (Fsp3) is 0.550. The van der Waals surface area contributed by atoms with Crippen LogP contribution >= 0.6 is 0 Å². The number of pyridine rings is 1. The highest BCUT2D eigenvalue weighted by Crippen LogP contribution is 2.24. The molecule has 0 bridgehead atoms. The highest BCUT2D eigenvalue weighted by Gasteiger charge is 2.15. The Morgan fingerprint density at radius 2 is 1.92 bits per heavy atom. The van der Waals surface area contributed by atoms with E-state index in [1.807, 2.05) is 6.20 Å². The molecule has 3 rings (SSSR count). The van der Waals surface area contributed by atoms with E-state index < -0.39 is 0 Å². The van der Waals surface area contributed by atoms with Gasteiger partial charge in [-0.1, -0.05) is 5.57 Å². The van der Waals surface area contributed by atoms with Gasteiger partial charge in [0.25, 0.3) is 0 Å². The van der Waals surface area contributed by atoms with Crippen molar-refractivity contribution in [1.82, 2.24) is 10.3 Å². The number of rotatable bonds is 7. The van der Waals surface area contributed by atoms with E-state index in [0.29, 0.717) is 0 Å². The van der Waals surface area contributed by atoms with Crippen molar-refractivity contribution in [3.8, 4) is 0 Å². The largest absolute Gasteiger partial charge is 0.497 e. The van der Waals surface area contributed by atoms with E-state index in [0.717, 1.165) is 56.4 Å². The predicted octanol–water partition coefficient (Wildman–Crippen LogP) is 3.39. The second-order valence-electron chi connectivity index (χ2n) is 6.67. The highest BCUT2D eigenvalue weighted by molar-refractivity contribution is 5.41. The van der Waals surface area contributed by atoms with Crippen molar-refractivity contribution >= 4 is 5.82 Å². The van der Waals surface area contributed by atoms with Crippen LogP contribution in [0.5, 0.6) is 0 Å². The molecule has 0 amide bonds. The van der Waals surface area contributed by atoms with Crippen molar-refractivity contribution in [3.63, 3.8) is 0 Å². The first kappa shape index (κ1) is 17.8. The van der Waals surface area contributed by atoms with Crippen LogP contribution in [0.25, 0.3) is 0 Å². The van der Waals surface area contributed by atoms with Crippen LogP contribution in [0.15, 0.2) is 41.5 Å². The molecule has 136 valence electrons. The molecule has 1 fully saturated rings. The standard InChI is InChI=1S/C20H29N3O2/c1-24-18-7-6-16(12-19(18)25-2)14-21-15-17-8-9-22-20(13-17)23-10-4-3-5-11-23/h8-9,12-13,21H,3-7,10-11,14-15H2,1-2H3. The van der Waals surface area contributed by atoms with Gasteiger partial charge in [0.1, 0.15) is 11.6 Å². The molecule has 0 spiro atoms. The van der Waals surface area contributed by atoms with Crippen LogP contribution in [0, 0.1) is 0 Å². The molecule has 0 aromatic carbocycles. The Hall–Kier alpha value is -2.01. The Morgan fingerprint density at radius 1 is 1.08 bits per heavy atom. The summed E-state index contributed by atoms with van der Waals surface area (Å²) in [4.78, 5) is 6.95. The summed E-state index contributed by atoms with van der Waals surface area (Å²) in [6.45, 7) is 3.98. The molecule has 0 unspecified atom stereocenters. The molecule has 1 aromatic heterocycles. The Morgan fingerprint density at radius 3 is 2.68 bits per heavy atom. The van der Waals surface area contributed by atoms with Gasteiger partial charge in [0.2, 0.25) is 0 Å². The van der Waals surface area contributed by atoms with Gasteiger partial charge in [0, 0.05) is 38.8 Å². The van der Waals surface area contributed by atoms with Gasteiger partial charge >= 0.3 is 0 Å². The van der Waals surface area contributed by atoms with Crippen LogP contribution in [-0.2, 0) is 16.0 Å². The second-order valence-corrected chi connectivity index (χ2v) is 6.67. The normalized spacial score (nSPS) is 18.2. The molecule has 1 saturated heterocycles. The molecule has 0 saturated carbocycles. The third-order valence-electron chi connectivity index (χ3n) is 4.92. The van der Waals surface area contributed by atoms with Crippen molar-refractivity contribution in [3.05, 3.63) is 47.1 Å². The smallest absolute Gasteiger partial charge is 0.156 e. The summed E-state index contributed by atoms with van der Waals surface area (Å²) in [5, 5.41) is 3.55. The van der Waals surface area contributed by atoms with Crippen LogP contribution in [0.2, 0.25) is 0 Å². The molecule has 2 heterocycles. The average molecular weight is 343 g/mol. The van der Waals surface area contributed by atoms with E-state index in [9.17, 15) is 0 Å². The van der Waals surface area contributed by atoms with E-state index in [1.165, 1.54) is 30.4 Å². The Kier molecular flexibility index (Phi) is 6.34. The van der Waals surface area contributed by atoms with Crippen LogP contribution in [0.4, 0.5) is 5.82 Å². The number of anilines is 1. The number of allylic oxidation sites excluding steroid dienone is 2. The Balaban J connectivity index is 1.54. The molecule has 25 heavy (non-hydrogen) atoms. The fourth-order valence-corrected chi connectivity index (χ4v) is 3.48. The van der Waals surface area contributed by atoms with Crippen molar-refractivity contribution in [2.75, 3.05) is 38.8 Å². The van der Waals surface area contributed by atoms with Crippen LogP contribution in [0.3, 0.4) is 0 Å². The first-order chi connectivity index (χ1) is 12.3. The summed E-state index contributed by atoms with van der Waals surface area (Å²) >= 11 is 0. The fourth-order valence-electron chi connectivity index (χ4n) is 3.48. The molecule has 1 aliphatic heterocycles. The number of nitrogens with zero attached hydrogens (tertiary/aromatic N) is 2. The number of hydrogen-bond acceptors (Lipinski definition) is 5. The van der Waals surface area contributed by atoms with Crippen molar-refractivity contribution in [2.45, 2.75) is 38.6 Å². The molecular formula is C20H29N3O2. The van der Waals surface area contributed by atoms with Gasteiger partial charge in [0.05, 0.1) is 14.2 Å². The van der Waals surface area contributed by atoms with E-state index in [4.69, 9.17) is 9.47 Å². The second kappa shape index (κ2) is 8.90. The quantitative estimate of drug-likeness (QED) is 0.822. The minimum Gasteiger partial charge on any atom is -0.497 e. The molecule has 1 aromatic rings. The lowest BCUT2D eigenvalue weighted by Crippen LogP contribution is -2.30. The maximum Gasteiger partial charge on any atom is 0.156 e. The lowest BCUT2D eigenvalue weighted by molar-refractivity contribution is 0.217. The number of hydrogen-bond donors (Lipinski definition) is 1. The molecule has 0 atom stereocenters. The molecule has 5 nitrogen and oxygen atoms in total. The molecule has 2 aliphatic rings. The summed E-state index contributed by atoms with van der Waals surface area (Å²) in [6.07, 6.45) is 9.84. The van der Waals surface area contributed by atoms with Gasteiger partial charge < -0.3 is 19.7 Å². The van der Waals surface area contributed by atoms with E-state index in [1.54, 1.807) is 14.2 Å². The molecule has 5 heteroatoms. The summed E-state index contributed by atoms with van der Waals surface area (Å²) in [7, 11) is 3.40. The van der Waals surface area contributed by atoms with Crippen molar-refractivity contribution in [1.29, 1.82) is 0 Å². The van der Waals surface area contributed by atoms with Crippen molar-refractivity contribution < 1.29 is 9.47 Å². The van der Waals surface area contributed by atoms with E-state index in [-0.39, 0.29) is 0 Å². The van der Waals surface area contributed by atoms with Crippen LogP contribution in [-0.4, -0.2) is 38.8 Å². The number of nitrogens with one attached hydrogen (secondary N) is 1. The first-order valence-electron chi connectivity index (χ1n) is 9.21.